The van der Waals surface area contributed by atoms with Gasteiger partial charge in [-0.05, 0) is 109 Å². The quantitative estimate of drug-likeness (QED) is 0.265. The molecule has 2 aromatic rings. The molecule has 0 unspecified atom stereocenters. The van der Waals surface area contributed by atoms with Crippen molar-refractivity contribution in [2.45, 2.75) is 165 Å². The second kappa shape index (κ2) is 18.9. The zero-order chi connectivity index (χ0) is 43.1. The summed E-state index contributed by atoms with van der Waals surface area (Å²) in [5, 5.41) is 0. The van der Waals surface area contributed by atoms with Gasteiger partial charge in [-0.1, -0.05) is 26.0 Å². The normalized spacial score (nSPS) is 40.6. The summed E-state index contributed by atoms with van der Waals surface area (Å²) in [6, 6.07) is 6.10. The van der Waals surface area contributed by atoms with Crippen LogP contribution in [0.5, 0.6) is 0 Å². The van der Waals surface area contributed by atoms with Gasteiger partial charge in [0.05, 0.1) is 36.5 Å². The molecular weight excluding hydrogens is 781 g/mol. The van der Waals surface area contributed by atoms with E-state index in [0.717, 1.165) is 42.8 Å². The van der Waals surface area contributed by atoms with Gasteiger partial charge in [-0.25, -0.2) is 4.98 Å². The molecule has 3 aliphatic heterocycles. The second-order valence-electron chi connectivity index (χ2n) is 18.6. The molecule has 0 amide bonds. The van der Waals surface area contributed by atoms with Gasteiger partial charge in [0.25, 0.3) is 0 Å². The first-order valence-corrected chi connectivity index (χ1v) is 22.8. The number of carbonyl (C=O) groups excluding carboxylic acids is 2. The van der Waals surface area contributed by atoms with E-state index in [1.54, 1.807) is 27.5 Å². The largest absolute Gasteiger partial charge is 0.462 e. The highest BCUT2D eigenvalue weighted by Crippen LogP contribution is 2.61. The van der Waals surface area contributed by atoms with Crippen LogP contribution in [-0.2, 0) is 47.5 Å². The van der Waals surface area contributed by atoms with Crippen LogP contribution in [0.1, 0.15) is 109 Å². The van der Waals surface area contributed by atoms with E-state index in [4.69, 9.17) is 42.9 Å². The van der Waals surface area contributed by atoms with Gasteiger partial charge in [0.1, 0.15) is 30.1 Å². The first-order chi connectivity index (χ1) is 29.4. The number of aromatic amines is 1. The number of rotatable bonds is 10. The Kier molecular flexibility index (Phi) is 13.8. The zero-order valence-electron chi connectivity index (χ0n) is 37.5. The summed E-state index contributed by atoms with van der Waals surface area (Å²) in [4.78, 5) is 45.1. The molecule has 0 radical (unpaired) electrons. The third-order valence-corrected chi connectivity index (χ3v) is 14.9. The van der Waals surface area contributed by atoms with Crippen LogP contribution < -0.4 is 0 Å². The molecule has 3 saturated heterocycles. The predicted molar refractivity (Wildman–Crippen MR) is 225 cm³/mol. The number of imidazole rings is 1. The van der Waals surface area contributed by atoms with Crippen LogP contribution in [0, 0.1) is 23.7 Å². The molecule has 8 rings (SSSR count). The molecule has 2 aromatic heterocycles. The zero-order valence-corrected chi connectivity index (χ0v) is 37.5. The number of allylic oxidation sites excluding steroid dienone is 2. The molecule has 3 aliphatic carbocycles. The lowest BCUT2D eigenvalue weighted by Crippen LogP contribution is -2.59. The van der Waals surface area contributed by atoms with Crippen molar-refractivity contribution in [1.29, 1.82) is 0 Å². The van der Waals surface area contributed by atoms with Crippen molar-refractivity contribution in [1.82, 2.24) is 19.9 Å². The van der Waals surface area contributed by atoms with E-state index in [-0.39, 0.29) is 84.6 Å². The van der Waals surface area contributed by atoms with Crippen molar-refractivity contribution in [3.05, 3.63) is 47.4 Å². The Hall–Kier alpha value is -3.08. The van der Waals surface area contributed by atoms with Crippen LogP contribution in [0.15, 0.2) is 36.0 Å². The Balaban J connectivity index is 1.13. The molecule has 14 heteroatoms. The Bertz CT molecular complexity index is 1860. The molecular formula is C47H68N4O10. The van der Waals surface area contributed by atoms with Crippen LogP contribution in [0.25, 0.3) is 11.5 Å². The lowest BCUT2D eigenvalue weighted by atomic mass is 9.67. The van der Waals surface area contributed by atoms with Crippen LogP contribution in [0.4, 0.5) is 0 Å². The number of hydrogen-bond donors (Lipinski definition) is 1. The van der Waals surface area contributed by atoms with E-state index < -0.39 is 30.5 Å². The molecule has 336 valence electrons. The van der Waals surface area contributed by atoms with Crippen molar-refractivity contribution < 1.29 is 47.5 Å². The average molecular weight is 849 g/mol. The highest BCUT2D eigenvalue weighted by molar-refractivity contribution is 5.99. The van der Waals surface area contributed by atoms with E-state index in [2.05, 4.69) is 48.9 Å². The second-order valence-corrected chi connectivity index (χ2v) is 18.6. The third kappa shape index (κ3) is 8.77. The topological polar surface area (TPSA) is 153 Å². The Morgan fingerprint density at radius 2 is 1.67 bits per heavy atom. The van der Waals surface area contributed by atoms with Crippen molar-refractivity contribution in [3.63, 3.8) is 0 Å². The van der Waals surface area contributed by atoms with E-state index in [1.807, 2.05) is 32.0 Å². The fourth-order valence-corrected chi connectivity index (χ4v) is 11.8. The highest BCUT2D eigenvalue weighted by atomic mass is 16.7. The van der Waals surface area contributed by atoms with E-state index >= 15 is 4.79 Å². The minimum Gasteiger partial charge on any atom is -0.462 e. The maximum atomic E-state index is 15.2. The van der Waals surface area contributed by atoms with Crippen molar-refractivity contribution >= 4 is 11.8 Å². The number of methoxy groups -OCH3 is 3. The SMILES string of the molecule is CC[C@H]1CCC[C@H](O[C@H]2CC[C@H](N(C)C)[C@@H](C)O2)[C@@H](C)C(=O)C2=C[C@H]3[C@@H]4C[C@H](O[C@@H]5O[C@@H](C)[C@H](OC)[C@@H](OC)[C@H]5OC)C[C@H]4c4[nH]c(-c5ccccn5)nc4[C@H]3[C@@H]2CC(=O)O1. The van der Waals surface area contributed by atoms with Gasteiger partial charge >= 0.3 is 5.97 Å². The molecule has 0 spiro atoms. The number of ketones is 1. The summed E-state index contributed by atoms with van der Waals surface area (Å²) < 4.78 is 50.4. The number of fused-ring (bicyclic) bond motifs is 8. The molecule has 61 heavy (non-hydrogen) atoms. The number of aromatic nitrogens is 3. The standard InChI is InChI=1S/C47H68N4O10/c1-10-27-14-13-16-36(61-38-18-17-35(51(5)6)25(3)57-38)24(2)42(53)33-22-30-29-20-28(60-47-45(56-9)44(55-8)43(54-7)26(4)58-47)21-32(29)40-41(39(30)31(33)23-37(52)59-27)50-46(49-40)34-15-11-12-19-48-34/h11-12,15,19,22,24-32,35-36,38-39,43-45,47H,10,13-14,16-18,20-21,23H2,1-9H3,(H,49,50)/t24-,25-,26+,27+,28+,29+,30+,31-,32-,35+,36+,38+,39-,43+,44-,45-,47+/m1/s1. The van der Waals surface area contributed by atoms with Crippen LogP contribution in [-0.4, -0.2) is 134 Å². The highest BCUT2D eigenvalue weighted by Gasteiger charge is 2.57. The Labute approximate surface area is 361 Å². The number of hydrogen-bond acceptors (Lipinski definition) is 13. The fourth-order valence-electron chi connectivity index (χ4n) is 11.8. The van der Waals surface area contributed by atoms with Crippen LogP contribution in [0.3, 0.4) is 0 Å². The Morgan fingerprint density at radius 1 is 0.885 bits per heavy atom. The van der Waals surface area contributed by atoms with Gasteiger partial charge in [0, 0.05) is 62.9 Å². The maximum absolute atomic E-state index is 15.2. The number of ether oxygens (including phenoxy) is 8. The number of pyridine rings is 1. The number of cyclic esters (lactones) is 1. The van der Waals surface area contributed by atoms with Crippen molar-refractivity contribution in [2.24, 2.45) is 23.7 Å². The van der Waals surface area contributed by atoms with Crippen LogP contribution in [0.2, 0.25) is 0 Å². The number of Topliss-reactive ketones (excluding diaryl/α,β-unsaturated/α-hetero) is 1. The average Bonchev–Trinajstić information content (AvgIpc) is 3.98. The minimum absolute atomic E-state index is 0.00302. The molecule has 6 aliphatic rings. The first kappa shape index (κ1) is 44.5. The molecule has 4 fully saturated rings. The van der Waals surface area contributed by atoms with Crippen molar-refractivity contribution in [3.8, 4) is 11.5 Å². The summed E-state index contributed by atoms with van der Waals surface area (Å²) in [5.74, 6) is -0.603. The summed E-state index contributed by atoms with van der Waals surface area (Å²) in [5.41, 5.74) is 3.33. The maximum Gasteiger partial charge on any atom is 0.306 e. The summed E-state index contributed by atoms with van der Waals surface area (Å²) >= 11 is 0. The summed E-state index contributed by atoms with van der Waals surface area (Å²) in [6.45, 7) is 8.14. The van der Waals surface area contributed by atoms with Gasteiger partial charge < -0.3 is 47.8 Å². The Morgan fingerprint density at radius 3 is 2.36 bits per heavy atom. The number of carbonyl (C=O) groups is 2. The molecule has 5 heterocycles. The number of H-pyrrole nitrogens is 1. The van der Waals surface area contributed by atoms with Gasteiger partial charge in [-0.2, -0.15) is 0 Å². The molecule has 1 saturated carbocycles. The third-order valence-electron chi connectivity index (χ3n) is 14.9. The minimum atomic E-state index is -0.676. The summed E-state index contributed by atoms with van der Waals surface area (Å²) in [6.07, 6.45) is 6.74. The first-order valence-electron chi connectivity index (χ1n) is 22.8. The lowest BCUT2D eigenvalue weighted by molar-refractivity contribution is -0.314. The van der Waals surface area contributed by atoms with Crippen LogP contribution >= 0.6 is 0 Å². The van der Waals surface area contributed by atoms with Gasteiger partial charge in [-0.3, -0.25) is 14.6 Å². The molecule has 1 N–H and O–H groups in total. The van der Waals surface area contributed by atoms with E-state index in [0.29, 0.717) is 43.1 Å². The van der Waals surface area contributed by atoms with Gasteiger partial charge in [-0.15, -0.1) is 0 Å². The molecule has 17 atom stereocenters. The smallest absolute Gasteiger partial charge is 0.306 e. The molecule has 0 aromatic carbocycles. The predicted octanol–water partition coefficient (Wildman–Crippen LogP) is 6.35. The van der Waals surface area contributed by atoms with E-state index in [9.17, 15) is 4.79 Å². The number of nitrogens with one attached hydrogen (secondary N) is 1. The molecule has 14 nitrogen and oxygen atoms in total. The van der Waals surface area contributed by atoms with Gasteiger partial charge in [0.15, 0.2) is 24.2 Å². The van der Waals surface area contributed by atoms with E-state index in [1.165, 1.54) is 0 Å². The number of likely N-dealkylation sites (N-methyl/N-ethyl adjacent to an activating group) is 1. The molecule has 0 bridgehead atoms. The van der Waals surface area contributed by atoms with Gasteiger partial charge in [0.2, 0.25) is 0 Å². The summed E-state index contributed by atoms with van der Waals surface area (Å²) in [7, 11) is 9.13. The fraction of sp³-hybridized carbons (Fsp3) is 0.745. The number of esters is 1. The number of nitrogens with zero attached hydrogens (tertiary/aromatic N) is 3. The lowest BCUT2D eigenvalue weighted by Gasteiger charge is -2.44. The van der Waals surface area contributed by atoms with Crippen molar-refractivity contribution in [2.75, 3.05) is 35.4 Å². The monoisotopic (exact) mass is 848 g/mol.